The number of hydrogen-bond donors (Lipinski definition) is 1. The monoisotopic (exact) mass is 207 g/mol. The number of H-pyrrole nitrogens is 1. The van der Waals surface area contributed by atoms with Gasteiger partial charge in [0.05, 0.1) is 6.33 Å². The molecule has 0 spiro atoms. The topological polar surface area (TPSA) is 31.9 Å². The zero-order valence-corrected chi connectivity index (χ0v) is 9.58. The normalized spacial score (nSPS) is 19.5. The van der Waals surface area contributed by atoms with E-state index >= 15 is 0 Å². The highest BCUT2D eigenvalue weighted by atomic mass is 15.1. The molecule has 3 heteroatoms. The molecule has 1 aliphatic heterocycles. The number of aromatic amines is 1. The highest BCUT2D eigenvalue weighted by molar-refractivity contribution is 4.94. The number of likely N-dealkylation sites (tertiary alicyclic amines) is 1. The van der Waals surface area contributed by atoms with Crippen LogP contribution < -0.4 is 0 Å². The molecule has 0 saturated carbocycles. The summed E-state index contributed by atoms with van der Waals surface area (Å²) in [5.74, 6) is 0.927. The molecule has 2 heterocycles. The van der Waals surface area contributed by atoms with Crippen LogP contribution in [0.3, 0.4) is 0 Å². The van der Waals surface area contributed by atoms with Crippen LogP contribution in [0.15, 0.2) is 12.5 Å². The van der Waals surface area contributed by atoms with E-state index in [1.165, 1.54) is 44.6 Å². The van der Waals surface area contributed by atoms with Crippen molar-refractivity contribution in [3.63, 3.8) is 0 Å². The fraction of sp³-hybridized carbons (Fsp3) is 0.750. The minimum absolute atomic E-state index is 0.927. The van der Waals surface area contributed by atoms with E-state index in [4.69, 9.17) is 0 Å². The number of rotatable bonds is 4. The first-order valence-corrected chi connectivity index (χ1v) is 6.08. The van der Waals surface area contributed by atoms with Gasteiger partial charge in [-0.15, -0.1) is 0 Å². The Balaban J connectivity index is 1.69. The summed E-state index contributed by atoms with van der Waals surface area (Å²) in [6.07, 6.45) is 8.96. The molecule has 1 aliphatic rings. The lowest BCUT2D eigenvalue weighted by Gasteiger charge is -2.30. The molecule has 1 fully saturated rings. The molecule has 84 valence electrons. The minimum Gasteiger partial charge on any atom is -0.348 e. The number of nitrogens with one attached hydrogen (secondary N) is 1. The second-order valence-corrected chi connectivity index (χ2v) is 4.49. The van der Waals surface area contributed by atoms with Gasteiger partial charge in [-0.05, 0) is 51.2 Å². The summed E-state index contributed by atoms with van der Waals surface area (Å²) in [5.41, 5.74) is 1.29. The maximum absolute atomic E-state index is 4.05. The average Bonchev–Trinajstić information content (AvgIpc) is 2.80. The third kappa shape index (κ3) is 3.06. The van der Waals surface area contributed by atoms with Crippen LogP contribution >= 0.6 is 0 Å². The third-order valence-electron chi connectivity index (χ3n) is 3.53. The van der Waals surface area contributed by atoms with Gasteiger partial charge in [0.15, 0.2) is 0 Å². The zero-order chi connectivity index (χ0) is 10.5. The van der Waals surface area contributed by atoms with Gasteiger partial charge in [0.1, 0.15) is 0 Å². The largest absolute Gasteiger partial charge is 0.348 e. The van der Waals surface area contributed by atoms with Crippen molar-refractivity contribution < 1.29 is 0 Å². The van der Waals surface area contributed by atoms with E-state index < -0.39 is 0 Å². The van der Waals surface area contributed by atoms with E-state index in [1.807, 2.05) is 6.20 Å². The van der Waals surface area contributed by atoms with Crippen LogP contribution in [0.1, 0.15) is 31.9 Å². The smallest absolute Gasteiger partial charge is 0.0921 e. The molecule has 0 amide bonds. The fourth-order valence-corrected chi connectivity index (χ4v) is 2.37. The van der Waals surface area contributed by atoms with Crippen molar-refractivity contribution in [3.05, 3.63) is 18.2 Å². The predicted octanol–water partition coefficient (Wildman–Crippen LogP) is 2.07. The summed E-state index contributed by atoms with van der Waals surface area (Å²) < 4.78 is 0. The summed E-state index contributed by atoms with van der Waals surface area (Å²) in [7, 11) is 0. The van der Waals surface area contributed by atoms with Crippen molar-refractivity contribution in [2.24, 2.45) is 5.92 Å². The first kappa shape index (κ1) is 10.7. The molecule has 3 nitrogen and oxygen atoms in total. The summed E-state index contributed by atoms with van der Waals surface area (Å²) in [4.78, 5) is 9.77. The van der Waals surface area contributed by atoms with Crippen molar-refractivity contribution in [3.8, 4) is 0 Å². The Morgan fingerprint density at radius 2 is 2.27 bits per heavy atom. The maximum Gasteiger partial charge on any atom is 0.0921 e. The van der Waals surface area contributed by atoms with Crippen LogP contribution in [-0.2, 0) is 6.42 Å². The van der Waals surface area contributed by atoms with Crippen molar-refractivity contribution in [1.29, 1.82) is 0 Å². The summed E-state index contributed by atoms with van der Waals surface area (Å²) in [5, 5.41) is 0. The average molecular weight is 207 g/mol. The zero-order valence-electron chi connectivity index (χ0n) is 9.58. The molecule has 0 aliphatic carbocycles. The molecular formula is C12H21N3. The Labute approximate surface area is 91.9 Å². The van der Waals surface area contributed by atoms with Crippen LogP contribution in [0.4, 0.5) is 0 Å². The number of imidazole rings is 1. The SMILES string of the molecule is CCN1CCC(CCc2cnc[nH]2)CC1. The standard InChI is InChI=1S/C12H21N3/c1-2-15-7-5-11(6-8-15)3-4-12-9-13-10-14-12/h9-11H,2-8H2,1H3,(H,13,14). The molecule has 0 atom stereocenters. The van der Waals surface area contributed by atoms with Crippen molar-refractivity contribution in [2.75, 3.05) is 19.6 Å². The lowest BCUT2D eigenvalue weighted by atomic mass is 9.92. The first-order valence-electron chi connectivity index (χ1n) is 6.08. The van der Waals surface area contributed by atoms with Crippen LogP contribution in [0.25, 0.3) is 0 Å². The predicted molar refractivity (Wildman–Crippen MR) is 61.7 cm³/mol. The second kappa shape index (κ2) is 5.31. The van der Waals surface area contributed by atoms with Crippen LogP contribution in [0.5, 0.6) is 0 Å². The van der Waals surface area contributed by atoms with Crippen molar-refractivity contribution in [1.82, 2.24) is 14.9 Å². The number of nitrogens with zero attached hydrogens (tertiary/aromatic N) is 2. The first-order chi connectivity index (χ1) is 7.38. The Morgan fingerprint density at radius 1 is 1.47 bits per heavy atom. The quantitative estimate of drug-likeness (QED) is 0.819. The molecule has 0 aromatic carbocycles. The van der Waals surface area contributed by atoms with Gasteiger partial charge in [0.25, 0.3) is 0 Å². The van der Waals surface area contributed by atoms with E-state index in [0.29, 0.717) is 0 Å². The van der Waals surface area contributed by atoms with E-state index in [9.17, 15) is 0 Å². The van der Waals surface area contributed by atoms with Gasteiger partial charge in [-0.2, -0.15) is 0 Å². The number of aromatic nitrogens is 2. The van der Waals surface area contributed by atoms with E-state index in [0.717, 1.165) is 12.3 Å². The van der Waals surface area contributed by atoms with Gasteiger partial charge in [-0.1, -0.05) is 6.92 Å². The van der Waals surface area contributed by atoms with Gasteiger partial charge < -0.3 is 9.88 Å². The van der Waals surface area contributed by atoms with Crippen LogP contribution in [0, 0.1) is 5.92 Å². The Hall–Kier alpha value is -0.830. The highest BCUT2D eigenvalue weighted by Crippen LogP contribution is 2.21. The van der Waals surface area contributed by atoms with E-state index in [-0.39, 0.29) is 0 Å². The number of aryl methyl sites for hydroxylation is 1. The van der Waals surface area contributed by atoms with Crippen molar-refractivity contribution >= 4 is 0 Å². The van der Waals surface area contributed by atoms with Gasteiger partial charge >= 0.3 is 0 Å². The fourth-order valence-electron chi connectivity index (χ4n) is 2.37. The number of piperidine rings is 1. The van der Waals surface area contributed by atoms with E-state index in [2.05, 4.69) is 21.8 Å². The molecule has 0 bridgehead atoms. The van der Waals surface area contributed by atoms with Gasteiger partial charge in [0, 0.05) is 11.9 Å². The lowest BCUT2D eigenvalue weighted by molar-refractivity contribution is 0.187. The van der Waals surface area contributed by atoms with Gasteiger partial charge in [-0.3, -0.25) is 0 Å². The van der Waals surface area contributed by atoms with Gasteiger partial charge in [-0.25, -0.2) is 4.98 Å². The lowest BCUT2D eigenvalue weighted by Crippen LogP contribution is -2.33. The van der Waals surface area contributed by atoms with Crippen molar-refractivity contribution in [2.45, 2.75) is 32.6 Å². The summed E-state index contributed by atoms with van der Waals surface area (Å²) >= 11 is 0. The molecule has 2 rings (SSSR count). The Kier molecular flexibility index (Phi) is 3.78. The maximum atomic E-state index is 4.05. The van der Waals surface area contributed by atoms with Crippen LogP contribution in [0.2, 0.25) is 0 Å². The van der Waals surface area contributed by atoms with E-state index in [1.54, 1.807) is 6.33 Å². The third-order valence-corrected chi connectivity index (χ3v) is 3.53. The van der Waals surface area contributed by atoms with Gasteiger partial charge in [0.2, 0.25) is 0 Å². The Morgan fingerprint density at radius 3 is 2.87 bits per heavy atom. The summed E-state index contributed by atoms with van der Waals surface area (Å²) in [6.45, 7) is 6.06. The number of hydrogen-bond acceptors (Lipinski definition) is 2. The Bertz CT molecular complexity index is 260. The highest BCUT2D eigenvalue weighted by Gasteiger charge is 2.17. The van der Waals surface area contributed by atoms with Crippen LogP contribution in [-0.4, -0.2) is 34.5 Å². The molecular weight excluding hydrogens is 186 g/mol. The molecule has 1 aromatic rings. The minimum atomic E-state index is 0.927. The molecule has 0 radical (unpaired) electrons. The molecule has 1 saturated heterocycles. The molecule has 1 N–H and O–H groups in total. The second-order valence-electron chi connectivity index (χ2n) is 4.49. The molecule has 0 unspecified atom stereocenters. The molecule has 1 aromatic heterocycles. The molecule has 15 heavy (non-hydrogen) atoms. The summed E-state index contributed by atoms with van der Waals surface area (Å²) in [6, 6.07) is 0.